The lowest BCUT2D eigenvalue weighted by Crippen LogP contribution is -2.42. The minimum Gasteiger partial charge on any atom is -0.466 e. The number of methoxy groups -OCH3 is 1. The first-order valence-corrected chi connectivity index (χ1v) is 6.00. The minimum atomic E-state index is -0.889. The maximum absolute atomic E-state index is 11.9. The van der Waals surface area contributed by atoms with Gasteiger partial charge in [-0.2, -0.15) is 0 Å². The molecule has 1 saturated heterocycles. The van der Waals surface area contributed by atoms with E-state index in [4.69, 9.17) is 4.74 Å². The Kier molecular flexibility index (Phi) is 5.12. The van der Waals surface area contributed by atoms with Gasteiger partial charge in [-0.25, -0.2) is 4.79 Å². The van der Waals surface area contributed by atoms with Crippen LogP contribution < -0.4 is 5.32 Å². The van der Waals surface area contributed by atoms with E-state index in [9.17, 15) is 14.4 Å². The van der Waals surface area contributed by atoms with E-state index in [0.29, 0.717) is 12.8 Å². The number of amides is 1. The molecule has 1 rings (SSSR count). The maximum Gasteiger partial charge on any atom is 0.347 e. The fraction of sp³-hybridized carbons (Fsp3) is 0.750. The summed E-state index contributed by atoms with van der Waals surface area (Å²) in [5.74, 6) is -1.61. The average molecular weight is 257 g/mol. The predicted octanol–water partition coefficient (Wildman–Crippen LogP) is 0.253. The van der Waals surface area contributed by atoms with E-state index in [1.807, 2.05) is 0 Å². The Morgan fingerprint density at radius 2 is 2.06 bits per heavy atom. The van der Waals surface area contributed by atoms with Crippen molar-refractivity contribution in [1.29, 1.82) is 0 Å². The van der Waals surface area contributed by atoms with Crippen molar-refractivity contribution in [3.8, 4) is 0 Å². The van der Waals surface area contributed by atoms with Crippen LogP contribution in [0.5, 0.6) is 0 Å². The second kappa shape index (κ2) is 6.37. The number of hydrogen-bond donors (Lipinski definition) is 1. The number of carbonyl (C=O) groups is 3. The molecule has 6 heteroatoms. The molecule has 18 heavy (non-hydrogen) atoms. The van der Waals surface area contributed by atoms with Crippen LogP contribution in [0.1, 0.15) is 26.7 Å². The molecule has 0 aromatic heterocycles. The van der Waals surface area contributed by atoms with Gasteiger partial charge in [-0.3, -0.25) is 9.59 Å². The molecule has 0 aromatic carbocycles. The monoisotopic (exact) mass is 257 g/mol. The SMILES string of the molecule is COC(=O)[C@H](OC(=O)[C@@H]1CCC(=O)NC1)C(C)C. The van der Waals surface area contributed by atoms with Gasteiger partial charge in [0.05, 0.1) is 13.0 Å². The van der Waals surface area contributed by atoms with Crippen molar-refractivity contribution in [1.82, 2.24) is 5.32 Å². The molecule has 0 radical (unpaired) electrons. The van der Waals surface area contributed by atoms with Crippen LogP contribution in [0.25, 0.3) is 0 Å². The molecular weight excluding hydrogens is 238 g/mol. The summed E-state index contributed by atoms with van der Waals surface area (Å²) in [4.78, 5) is 34.3. The smallest absolute Gasteiger partial charge is 0.347 e. The van der Waals surface area contributed by atoms with Gasteiger partial charge in [0, 0.05) is 18.9 Å². The maximum atomic E-state index is 11.9. The van der Waals surface area contributed by atoms with Crippen LogP contribution >= 0.6 is 0 Å². The number of nitrogens with one attached hydrogen (secondary N) is 1. The van der Waals surface area contributed by atoms with Gasteiger partial charge in [-0.15, -0.1) is 0 Å². The zero-order chi connectivity index (χ0) is 13.7. The lowest BCUT2D eigenvalue weighted by molar-refractivity contribution is -0.172. The molecule has 1 N–H and O–H groups in total. The molecule has 0 bridgehead atoms. The quantitative estimate of drug-likeness (QED) is 0.730. The van der Waals surface area contributed by atoms with Crippen LogP contribution in [-0.2, 0) is 23.9 Å². The van der Waals surface area contributed by atoms with Crippen LogP contribution in [0, 0.1) is 11.8 Å². The van der Waals surface area contributed by atoms with Gasteiger partial charge in [0.2, 0.25) is 12.0 Å². The summed E-state index contributed by atoms with van der Waals surface area (Å²) in [5.41, 5.74) is 0. The predicted molar refractivity (Wildman–Crippen MR) is 62.5 cm³/mol. The number of hydrogen-bond acceptors (Lipinski definition) is 5. The van der Waals surface area contributed by atoms with Crippen LogP contribution in [0.4, 0.5) is 0 Å². The molecule has 0 unspecified atom stereocenters. The Bertz CT molecular complexity index is 329. The Labute approximate surface area is 106 Å². The van der Waals surface area contributed by atoms with E-state index in [1.54, 1.807) is 13.8 Å². The number of carbonyl (C=O) groups excluding carboxylic acids is 3. The molecule has 1 aliphatic heterocycles. The summed E-state index contributed by atoms with van der Waals surface area (Å²) in [7, 11) is 1.26. The summed E-state index contributed by atoms with van der Waals surface area (Å²) < 4.78 is 9.77. The molecule has 0 saturated carbocycles. The van der Waals surface area contributed by atoms with Gasteiger partial charge < -0.3 is 14.8 Å². The number of ether oxygens (including phenoxy) is 2. The van der Waals surface area contributed by atoms with Gasteiger partial charge in [-0.1, -0.05) is 13.8 Å². The summed E-state index contributed by atoms with van der Waals surface area (Å²) in [5, 5.41) is 2.60. The molecule has 0 aliphatic carbocycles. The highest BCUT2D eigenvalue weighted by molar-refractivity contribution is 5.83. The molecular formula is C12H19NO5. The Morgan fingerprint density at radius 3 is 2.50 bits per heavy atom. The number of rotatable bonds is 4. The van der Waals surface area contributed by atoms with E-state index in [-0.39, 0.29) is 24.3 Å². The third-order valence-corrected chi connectivity index (χ3v) is 2.88. The van der Waals surface area contributed by atoms with Crippen LogP contribution in [0.2, 0.25) is 0 Å². The van der Waals surface area contributed by atoms with Crippen molar-refractivity contribution >= 4 is 17.8 Å². The van der Waals surface area contributed by atoms with E-state index in [0.717, 1.165) is 0 Å². The van der Waals surface area contributed by atoms with E-state index < -0.39 is 18.0 Å². The van der Waals surface area contributed by atoms with Crippen LogP contribution in [-0.4, -0.2) is 37.6 Å². The highest BCUT2D eigenvalue weighted by Crippen LogP contribution is 2.16. The molecule has 1 heterocycles. The van der Waals surface area contributed by atoms with E-state index >= 15 is 0 Å². The molecule has 1 fully saturated rings. The second-order valence-electron chi connectivity index (χ2n) is 4.66. The van der Waals surface area contributed by atoms with E-state index in [1.165, 1.54) is 7.11 Å². The minimum absolute atomic E-state index is 0.0626. The normalized spacial score (nSPS) is 21.1. The zero-order valence-corrected chi connectivity index (χ0v) is 10.9. The topological polar surface area (TPSA) is 81.7 Å². The summed E-state index contributed by atoms with van der Waals surface area (Å²) in [6, 6.07) is 0. The van der Waals surface area contributed by atoms with Gasteiger partial charge in [0.25, 0.3) is 0 Å². The van der Waals surface area contributed by atoms with Crippen molar-refractivity contribution in [3.05, 3.63) is 0 Å². The molecule has 1 aliphatic rings. The van der Waals surface area contributed by atoms with Gasteiger partial charge in [0.1, 0.15) is 0 Å². The lowest BCUT2D eigenvalue weighted by Gasteiger charge is -2.24. The van der Waals surface area contributed by atoms with Crippen molar-refractivity contribution < 1.29 is 23.9 Å². The molecule has 2 atom stereocenters. The standard InChI is InChI=1S/C12H19NO5/c1-7(2)10(12(16)17-3)18-11(15)8-4-5-9(14)13-6-8/h7-8,10H,4-6H2,1-3H3,(H,13,14)/t8-,10-/m1/s1. The largest absolute Gasteiger partial charge is 0.466 e. The molecule has 102 valence electrons. The second-order valence-corrected chi connectivity index (χ2v) is 4.66. The first-order valence-electron chi connectivity index (χ1n) is 6.00. The van der Waals surface area contributed by atoms with Crippen molar-refractivity contribution in [2.75, 3.05) is 13.7 Å². The van der Waals surface area contributed by atoms with Gasteiger partial charge in [-0.05, 0) is 6.42 Å². The fourth-order valence-corrected chi connectivity index (χ4v) is 1.73. The Morgan fingerprint density at radius 1 is 1.39 bits per heavy atom. The van der Waals surface area contributed by atoms with Gasteiger partial charge >= 0.3 is 11.9 Å². The third kappa shape index (κ3) is 3.72. The van der Waals surface area contributed by atoms with E-state index in [2.05, 4.69) is 10.1 Å². The zero-order valence-electron chi connectivity index (χ0n) is 10.9. The Hall–Kier alpha value is -1.59. The highest BCUT2D eigenvalue weighted by atomic mass is 16.6. The summed E-state index contributed by atoms with van der Waals surface area (Å²) in [6.45, 7) is 3.82. The number of piperidine rings is 1. The Balaban J connectivity index is 2.56. The molecule has 1 amide bonds. The summed E-state index contributed by atoms with van der Waals surface area (Å²) >= 11 is 0. The summed E-state index contributed by atoms with van der Waals surface area (Å²) in [6.07, 6.45) is -0.124. The lowest BCUT2D eigenvalue weighted by atomic mass is 9.99. The highest BCUT2D eigenvalue weighted by Gasteiger charge is 2.32. The first kappa shape index (κ1) is 14.5. The average Bonchev–Trinajstić information content (AvgIpc) is 2.35. The van der Waals surface area contributed by atoms with Crippen molar-refractivity contribution in [2.45, 2.75) is 32.8 Å². The molecule has 0 aromatic rings. The van der Waals surface area contributed by atoms with Crippen LogP contribution in [0.3, 0.4) is 0 Å². The first-order chi connectivity index (χ1) is 8.45. The number of esters is 2. The molecule has 0 spiro atoms. The van der Waals surface area contributed by atoms with Gasteiger partial charge in [0.15, 0.2) is 0 Å². The molecule has 6 nitrogen and oxygen atoms in total. The van der Waals surface area contributed by atoms with Crippen molar-refractivity contribution in [3.63, 3.8) is 0 Å². The fourth-order valence-electron chi connectivity index (χ4n) is 1.73. The van der Waals surface area contributed by atoms with Crippen molar-refractivity contribution in [2.24, 2.45) is 11.8 Å². The third-order valence-electron chi connectivity index (χ3n) is 2.88. The van der Waals surface area contributed by atoms with Crippen LogP contribution in [0.15, 0.2) is 0 Å².